The molecule has 0 aliphatic carbocycles. The second kappa shape index (κ2) is 8.23. The van der Waals surface area contributed by atoms with Gasteiger partial charge in [0.2, 0.25) is 5.91 Å². The minimum atomic E-state index is -0.0982. The van der Waals surface area contributed by atoms with E-state index in [4.69, 9.17) is 28.9 Å². The molecule has 2 rings (SSSR count). The zero-order chi connectivity index (χ0) is 14.7. The smallest absolute Gasteiger partial charge is 0.225 e. The Morgan fingerprint density at radius 3 is 2.81 bits per heavy atom. The molecule has 1 amide bonds. The number of piperidine rings is 1. The van der Waals surface area contributed by atoms with Gasteiger partial charge in [-0.3, -0.25) is 4.79 Å². The van der Waals surface area contributed by atoms with E-state index >= 15 is 0 Å². The highest BCUT2D eigenvalue weighted by Crippen LogP contribution is 2.24. The van der Waals surface area contributed by atoms with Crippen LogP contribution >= 0.6 is 35.6 Å². The van der Waals surface area contributed by atoms with E-state index in [0.29, 0.717) is 23.0 Å². The summed E-state index contributed by atoms with van der Waals surface area (Å²) in [6.45, 7) is 3.41. The quantitative estimate of drug-likeness (QED) is 0.905. The van der Waals surface area contributed by atoms with Gasteiger partial charge < -0.3 is 10.6 Å². The molecule has 1 aliphatic heterocycles. The molecule has 2 unspecified atom stereocenters. The summed E-state index contributed by atoms with van der Waals surface area (Å²) in [7, 11) is 0. The monoisotopic (exact) mass is 350 g/mol. The van der Waals surface area contributed by atoms with Crippen LogP contribution in [0.4, 0.5) is 0 Å². The summed E-state index contributed by atoms with van der Waals surface area (Å²) in [5.41, 5.74) is 6.88. The molecule has 1 aliphatic rings. The van der Waals surface area contributed by atoms with Crippen LogP contribution < -0.4 is 5.73 Å². The topological polar surface area (TPSA) is 46.3 Å². The van der Waals surface area contributed by atoms with Crippen molar-refractivity contribution >= 4 is 41.5 Å². The van der Waals surface area contributed by atoms with Crippen LogP contribution in [-0.2, 0) is 11.2 Å². The third kappa shape index (κ3) is 5.03. The molecule has 1 saturated heterocycles. The van der Waals surface area contributed by atoms with Crippen molar-refractivity contribution in [2.45, 2.75) is 32.2 Å². The molecule has 0 bridgehead atoms. The summed E-state index contributed by atoms with van der Waals surface area (Å²) in [6.07, 6.45) is 2.61. The fraction of sp³-hybridized carbons (Fsp3) is 0.533. The highest BCUT2D eigenvalue weighted by Gasteiger charge is 2.25. The Morgan fingerprint density at radius 2 is 2.19 bits per heavy atom. The van der Waals surface area contributed by atoms with Crippen molar-refractivity contribution < 1.29 is 4.79 Å². The third-order valence-corrected chi connectivity index (χ3v) is 4.32. The fourth-order valence-corrected chi connectivity index (χ4v) is 3.11. The Balaban J connectivity index is 0.00000220. The predicted molar refractivity (Wildman–Crippen MR) is 90.4 cm³/mol. The Hall–Kier alpha value is -0.480. The molecule has 0 saturated carbocycles. The number of rotatable bonds is 3. The lowest BCUT2D eigenvalue weighted by Gasteiger charge is -2.32. The summed E-state index contributed by atoms with van der Waals surface area (Å²) in [4.78, 5) is 14.3. The molecule has 6 heteroatoms. The highest BCUT2D eigenvalue weighted by atomic mass is 35.5. The summed E-state index contributed by atoms with van der Waals surface area (Å²) < 4.78 is 0. The lowest BCUT2D eigenvalue weighted by atomic mass is 9.98. The molecule has 0 spiro atoms. The molecular weight excluding hydrogens is 331 g/mol. The molecule has 3 nitrogen and oxygen atoms in total. The zero-order valence-corrected chi connectivity index (χ0v) is 14.3. The van der Waals surface area contributed by atoms with Crippen LogP contribution in [0.5, 0.6) is 0 Å². The van der Waals surface area contributed by atoms with Crippen LogP contribution in [0, 0.1) is 5.92 Å². The van der Waals surface area contributed by atoms with E-state index in [0.717, 1.165) is 24.9 Å². The minimum Gasteiger partial charge on any atom is -0.341 e. The van der Waals surface area contributed by atoms with Crippen molar-refractivity contribution in [1.82, 2.24) is 4.90 Å². The predicted octanol–water partition coefficient (Wildman–Crippen LogP) is 3.54. The van der Waals surface area contributed by atoms with E-state index in [1.54, 1.807) is 12.1 Å². The first kappa shape index (κ1) is 18.6. The summed E-state index contributed by atoms with van der Waals surface area (Å²) in [5, 5.41) is 1.23. The standard InChI is InChI=1S/C15H20Cl2N2O.ClH/c1-10(7-11-4-5-12(16)8-14(11)17)15(20)19-6-2-3-13(18)9-19;/h4-5,8,10,13H,2-3,6-7,9,18H2,1H3;1H. The third-order valence-electron chi connectivity index (χ3n) is 3.73. The average molecular weight is 352 g/mol. The number of hydrogen-bond donors (Lipinski definition) is 1. The van der Waals surface area contributed by atoms with E-state index in [-0.39, 0.29) is 30.3 Å². The Morgan fingerprint density at radius 1 is 1.48 bits per heavy atom. The van der Waals surface area contributed by atoms with E-state index in [1.165, 1.54) is 0 Å². The number of nitrogens with zero attached hydrogens (tertiary/aromatic N) is 1. The second-order valence-electron chi connectivity index (χ2n) is 5.53. The Bertz CT molecular complexity index is 496. The Kier molecular flexibility index (Phi) is 7.28. The normalized spacial score (nSPS) is 19.8. The van der Waals surface area contributed by atoms with Gasteiger partial charge in [-0.25, -0.2) is 0 Å². The molecule has 21 heavy (non-hydrogen) atoms. The van der Waals surface area contributed by atoms with Gasteiger partial charge in [0, 0.05) is 35.1 Å². The van der Waals surface area contributed by atoms with Crippen molar-refractivity contribution in [3.8, 4) is 0 Å². The summed E-state index contributed by atoms with van der Waals surface area (Å²) in [5.74, 6) is 0.0603. The maximum atomic E-state index is 12.4. The first-order valence-corrected chi connectivity index (χ1v) is 7.71. The van der Waals surface area contributed by atoms with E-state index < -0.39 is 0 Å². The van der Waals surface area contributed by atoms with Crippen LogP contribution in [0.2, 0.25) is 10.0 Å². The number of carbonyl (C=O) groups is 1. The van der Waals surface area contributed by atoms with Gasteiger partial charge in [0.05, 0.1) is 0 Å². The molecule has 2 N–H and O–H groups in total. The van der Waals surface area contributed by atoms with Gasteiger partial charge >= 0.3 is 0 Å². The van der Waals surface area contributed by atoms with Crippen molar-refractivity contribution in [3.05, 3.63) is 33.8 Å². The molecule has 2 atom stereocenters. The van der Waals surface area contributed by atoms with Crippen molar-refractivity contribution in [2.75, 3.05) is 13.1 Å². The molecule has 118 valence electrons. The van der Waals surface area contributed by atoms with Gasteiger partial charge in [-0.15, -0.1) is 12.4 Å². The zero-order valence-electron chi connectivity index (χ0n) is 12.0. The van der Waals surface area contributed by atoms with Crippen molar-refractivity contribution in [1.29, 1.82) is 0 Å². The number of carbonyl (C=O) groups excluding carboxylic acids is 1. The van der Waals surface area contributed by atoms with Crippen LogP contribution in [0.25, 0.3) is 0 Å². The van der Waals surface area contributed by atoms with Crippen molar-refractivity contribution in [2.24, 2.45) is 11.7 Å². The largest absolute Gasteiger partial charge is 0.341 e. The van der Waals surface area contributed by atoms with E-state index in [1.807, 2.05) is 17.9 Å². The lowest BCUT2D eigenvalue weighted by molar-refractivity contribution is -0.136. The van der Waals surface area contributed by atoms with Crippen LogP contribution in [-0.4, -0.2) is 29.9 Å². The van der Waals surface area contributed by atoms with Gasteiger partial charge in [-0.05, 0) is 37.0 Å². The summed E-state index contributed by atoms with van der Waals surface area (Å²) in [6, 6.07) is 5.51. The number of amides is 1. The number of hydrogen-bond acceptors (Lipinski definition) is 2. The first-order valence-electron chi connectivity index (χ1n) is 6.95. The van der Waals surface area contributed by atoms with E-state index in [2.05, 4.69) is 0 Å². The molecule has 1 aromatic carbocycles. The van der Waals surface area contributed by atoms with Gasteiger partial charge in [-0.2, -0.15) is 0 Å². The minimum absolute atomic E-state index is 0. The van der Waals surface area contributed by atoms with E-state index in [9.17, 15) is 4.79 Å². The van der Waals surface area contributed by atoms with Crippen LogP contribution in [0.15, 0.2) is 18.2 Å². The lowest BCUT2D eigenvalue weighted by Crippen LogP contribution is -2.47. The number of nitrogens with two attached hydrogens (primary N) is 1. The van der Waals surface area contributed by atoms with Gasteiger partial charge in [-0.1, -0.05) is 36.2 Å². The summed E-state index contributed by atoms with van der Waals surface area (Å²) >= 11 is 12.0. The van der Waals surface area contributed by atoms with Crippen LogP contribution in [0.3, 0.4) is 0 Å². The number of benzene rings is 1. The SMILES string of the molecule is CC(Cc1ccc(Cl)cc1Cl)C(=O)N1CCCC(N)C1.Cl. The first-order chi connectivity index (χ1) is 9.47. The molecular formula is C15H21Cl3N2O. The molecule has 1 aromatic rings. The fourth-order valence-electron chi connectivity index (χ4n) is 2.63. The Labute approximate surface area is 142 Å². The van der Waals surface area contributed by atoms with Gasteiger partial charge in [0.25, 0.3) is 0 Å². The molecule has 1 fully saturated rings. The van der Waals surface area contributed by atoms with Crippen LogP contribution in [0.1, 0.15) is 25.3 Å². The highest BCUT2D eigenvalue weighted by molar-refractivity contribution is 6.35. The number of halogens is 3. The number of likely N-dealkylation sites (tertiary alicyclic amines) is 1. The molecule has 1 heterocycles. The van der Waals surface area contributed by atoms with Gasteiger partial charge in [0.1, 0.15) is 0 Å². The average Bonchev–Trinajstić information content (AvgIpc) is 2.41. The second-order valence-corrected chi connectivity index (χ2v) is 6.37. The van der Waals surface area contributed by atoms with Gasteiger partial charge in [0.15, 0.2) is 0 Å². The maximum absolute atomic E-state index is 12.4. The molecule has 0 aromatic heterocycles. The molecule has 0 radical (unpaired) electrons. The van der Waals surface area contributed by atoms with Crippen molar-refractivity contribution in [3.63, 3.8) is 0 Å². The maximum Gasteiger partial charge on any atom is 0.225 e.